The van der Waals surface area contributed by atoms with Crippen LogP contribution in [0.3, 0.4) is 0 Å². The number of thiazole rings is 1. The first-order valence-corrected chi connectivity index (χ1v) is 13.1. The van der Waals surface area contributed by atoms with E-state index in [1.54, 1.807) is 18.4 Å². The van der Waals surface area contributed by atoms with Crippen LogP contribution in [0.5, 0.6) is 5.75 Å². The molecule has 0 bridgehead atoms. The zero-order chi connectivity index (χ0) is 26.1. The van der Waals surface area contributed by atoms with Crippen LogP contribution in [0.4, 0.5) is 0 Å². The summed E-state index contributed by atoms with van der Waals surface area (Å²) in [6, 6.07) is 21.0. The minimum absolute atomic E-state index is 0.0369. The van der Waals surface area contributed by atoms with Crippen LogP contribution in [0.15, 0.2) is 87.8 Å². The molecule has 0 saturated carbocycles. The Morgan fingerprint density at radius 1 is 1.08 bits per heavy atom. The maximum absolute atomic E-state index is 13.9. The maximum atomic E-state index is 13.9. The molecule has 2 heterocycles. The number of hydrogen-bond donors (Lipinski definition) is 0. The first-order valence-electron chi connectivity index (χ1n) is 12.3. The van der Waals surface area contributed by atoms with Gasteiger partial charge in [0.1, 0.15) is 5.75 Å². The van der Waals surface area contributed by atoms with Crippen LogP contribution in [0.2, 0.25) is 0 Å². The van der Waals surface area contributed by atoms with Crippen LogP contribution >= 0.6 is 11.3 Å². The molecule has 1 atom stereocenters. The summed E-state index contributed by atoms with van der Waals surface area (Å²) in [5, 5.41) is 2.17. The van der Waals surface area contributed by atoms with E-state index in [4.69, 9.17) is 9.47 Å². The van der Waals surface area contributed by atoms with Gasteiger partial charge in [-0.2, -0.15) is 0 Å². The Hall–Kier alpha value is -3.97. The number of carbonyl (C=O) groups excluding carboxylic acids is 1. The third kappa shape index (κ3) is 4.74. The second-order valence-corrected chi connectivity index (χ2v) is 10.1. The number of aromatic nitrogens is 1. The molecule has 1 aromatic heterocycles. The number of fused-ring (bicyclic) bond motifs is 2. The third-order valence-corrected chi connectivity index (χ3v) is 7.18. The van der Waals surface area contributed by atoms with Crippen LogP contribution in [-0.4, -0.2) is 23.2 Å². The lowest BCUT2D eigenvalue weighted by Crippen LogP contribution is -2.39. The van der Waals surface area contributed by atoms with Crippen LogP contribution in [-0.2, 0) is 9.53 Å². The number of allylic oxidation sites excluding steroid dienone is 1. The molecule has 5 rings (SSSR count). The van der Waals surface area contributed by atoms with E-state index < -0.39 is 12.0 Å². The van der Waals surface area contributed by atoms with Crippen molar-refractivity contribution in [3.8, 4) is 5.75 Å². The number of esters is 1. The van der Waals surface area contributed by atoms with Gasteiger partial charge in [-0.05, 0) is 67.8 Å². The Morgan fingerprint density at radius 3 is 2.54 bits per heavy atom. The summed E-state index contributed by atoms with van der Waals surface area (Å²) in [5.41, 5.74) is 2.45. The van der Waals surface area contributed by atoms with Crippen molar-refractivity contribution < 1.29 is 14.3 Å². The highest BCUT2D eigenvalue weighted by Crippen LogP contribution is 2.32. The van der Waals surface area contributed by atoms with Gasteiger partial charge in [-0.1, -0.05) is 65.9 Å². The molecule has 0 unspecified atom stereocenters. The fourth-order valence-corrected chi connectivity index (χ4v) is 5.66. The zero-order valence-corrected chi connectivity index (χ0v) is 22.0. The average Bonchev–Trinajstić information content (AvgIpc) is 3.18. The smallest absolute Gasteiger partial charge is 0.338 e. The van der Waals surface area contributed by atoms with Crippen molar-refractivity contribution in [1.82, 2.24) is 4.57 Å². The summed E-state index contributed by atoms with van der Waals surface area (Å²) in [6.07, 6.45) is 1.95. The van der Waals surface area contributed by atoms with Crippen molar-refractivity contribution in [2.45, 2.75) is 39.8 Å². The summed E-state index contributed by atoms with van der Waals surface area (Å²) < 4.78 is 13.3. The van der Waals surface area contributed by atoms with Crippen molar-refractivity contribution in [1.29, 1.82) is 0 Å². The molecule has 0 spiro atoms. The van der Waals surface area contributed by atoms with Gasteiger partial charge in [0.05, 0.1) is 34.6 Å². The predicted molar refractivity (Wildman–Crippen MR) is 147 cm³/mol. The van der Waals surface area contributed by atoms with E-state index in [2.05, 4.69) is 17.1 Å². The minimum atomic E-state index is -0.655. The fourth-order valence-electron chi connectivity index (χ4n) is 4.63. The Kier molecular flexibility index (Phi) is 6.80. The van der Waals surface area contributed by atoms with Gasteiger partial charge in [0.25, 0.3) is 5.56 Å². The molecule has 0 radical (unpaired) electrons. The quantitative estimate of drug-likeness (QED) is 0.350. The summed E-state index contributed by atoms with van der Waals surface area (Å²) >= 11 is 1.32. The molecular formula is C30H28N2O4S. The van der Waals surface area contributed by atoms with Gasteiger partial charge < -0.3 is 9.47 Å². The summed E-state index contributed by atoms with van der Waals surface area (Å²) in [4.78, 5) is 32.2. The Bertz CT molecular complexity index is 1690. The topological polar surface area (TPSA) is 69.9 Å². The number of hydrogen-bond acceptors (Lipinski definition) is 6. The van der Waals surface area contributed by atoms with Crippen LogP contribution in [0.25, 0.3) is 16.8 Å². The number of ether oxygens (including phenoxy) is 2. The molecule has 0 saturated heterocycles. The van der Waals surface area contributed by atoms with Crippen molar-refractivity contribution in [2.75, 3.05) is 6.61 Å². The number of nitrogens with zero attached hydrogens (tertiary/aromatic N) is 2. The molecule has 0 amide bonds. The molecule has 0 fully saturated rings. The fraction of sp³-hybridized carbons (Fsp3) is 0.233. The van der Waals surface area contributed by atoms with E-state index >= 15 is 0 Å². The molecule has 7 heteroatoms. The van der Waals surface area contributed by atoms with Crippen LogP contribution in [0, 0.1) is 0 Å². The Morgan fingerprint density at radius 2 is 1.81 bits per heavy atom. The maximum Gasteiger partial charge on any atom is 0.338 e. The number of benzene rings is 3. The van der Waals surface area contributed by atoms with E-state index in [-0.39, 0.29) is 18.3 Å². The molecule has 188 valence electrons. The van der Waals surface area contributed by atoms with Gasteiger partial charge in [-0.25, -0.2) is 9.79 Å². The van der Waals surface area contributed by atoms with Crippen LogP contribution < -0.4 is 19.6 Å². The summed E-state index contributed by atoms with van der Waals surface area (Å²) in [6.45, 7) is 7.71. The van der Waals surface area contributed by atoms with Gasteiger partial charge >= 0.3 is 5.97 Å². The summed E-state index contributed by atoms with van der Waals surface area (Å²) in [7, 11) is 0. The largest absolute Gasteiger partial charge is 0.491 e. The zero-order valence-electron chi connectivity index (χ0n) is 21.2. The van der Waals surface area contributed by atoms with E-state index in [9.17, 15) is 9.59 Å². The van der Waals surface area contributed by atoms with Crippen molar-refractivity contribution >= 4 is 34.2 Å². The van der Waals surface area contributed by atoms with Crippen molar-refractivity contribution in [3.05, 3.63) is 109 Å². The molecule has 6 nitrogen and oxygen atoms in total. The normalized spacial score (nSPS) is 15.6. The van der Waals surface area contributed by atoms with Crippen LogP contribution in [0.1, 0.15) is 44.9 Å². The molecule has 3 aromatic carbocycles. The van der Waals surface area contributed by atoms with Crippen molar-refractivity contribution in [3.63, 3.8) is 0 Å². The minimum Gasteiger partial charge on any atom is -0.491 e. The first kappa shape index (κ1) is 24.7. The second-order valence-electron chi connectivity index (χ2n) is 9.11. The Labute approximate surface area is 218 Å². The standard InChI is InChI=1S/C30H28N2O4S/c1-5-35-29(34)26-19(4)31-30-32(27(26)21-13-15-23(16-14-21)36-18(2)3)28(33)25(37-30)17-22-11-8-10-20-9-6-7-12-24(20)22/h6-18,27H,5H2,1-4H3/b25-17-/t27-/m1/s1. The van der Waals surface area contributed by atoms with Gasteiger partial charge in [-0.15, -0.1) is 0 Å². The molecular weight excluding hydrogens is 484 g/mol. The summed E-state index contributed by atoms with van der Waals surface area (Å²) in [5.74, 6) is 0.250. The van der Waals surface area contributed by atoms with E-state index in [1.807, 2.05) is 74.5 Å². The van der Waals surface area contributed by atoms with Gasteiger partial charge in [0.15, 0.2) is 4.80 Å². The molecule has 0 N–H and O–H groups in total. The molecule has 1 aliphatic heterocycles. The lowest BCUT2D eigenvalue weighted by molar-refractivity contribution is -0.139. The van der Waals surface area contributed by atoms with E-state index in [1.165, 1.54) is 11.3 Å². The second kappa shape index (κ2) is 10.2. The third-order valence-electron chi connectivity index (χ3n) is 6.19. The molecule has 4 aromatic rings. The number of carbonyl (C=O) groups is 1. The van der Waals surface area contributed by atoms with E-state index in [0.29, 0.717) is 20.6 Å². The van der Waals surface area contributed by atoms with Gasteiger partial charge in [-0.3, -0.25) is 9.36 Å². The Balaban J connectivity index is 1.70. The average molecular weight is 513 g/mol. The molecule has 1 aliphatic rings. The lowest BCUT2D eigenvalue weighted by atomic mass is 9.96. The molecule has 37 heavy (non-hydrogen) atoms. The van der Waals surface area contributed by atoms with Gasteiger partial charge in [0, 0.05) is 0 Å². The highest BCUT2D eigenvalue weighted by atomic mass is 32.1. The lowest BCUT2D eigenvalue weighted by Gasteiger charge is -2.25. The highest BCUT2D eigenvalue weighted by molar-refractivity contribution is 7.07. The number of rotatable bonds is 6. The monoisotopic (exact) mass is 512 g/mol. The molecule has 0 aliphatic carbocycles. The predicted octanol–water partition coefficient (Wildman–Crippen LogP) is 4.74. The van der Waals surface area contributed by atoms with E-state index in [0.717, 1.165) is 27.6 Å². The first-order chi connectivity index (χ1) is 17.9. The highest BCUT2D eigenvalue weighted by Gasteiger charge is 2.33. The van der Waals surface area contributed by atoms with Gasteiger partial charge in [0.2, 0.25) is 0 Å². The van der Waals surface area contributed by atoms with Crippen molar-refractivity contribution in [2.24, 2.45) is 4.99 Å². The SMILES string of the molecule is CCOC(=O)C1=C(C)N=c2s/c(=C\c3cccc4ccccc34)c(=O)n2[C@@H]1c1ccc(OC(C)C)cc1.